The third-order valence-electron chi connectivity index (χ3n) is 2.17. The lowest BCUT2D eigenvalue weighted by Gasteiger charge is -2.16. The van der Waals surface area contributed by atoms with Crippen LogP contribution < -0.4 is 10.1 Å². The van der Waals surface area contributed by atoms with Gasteiger partial charge in [0.25, 0.3) is 0 Å². The third-order valence-corrected chi connectivity index (χ3v) is 3.84. The van der Waals surface area contributed by atoms with Crippen molar-refractivity contribution in [1.29, 1.82) is 0 Å². The molecular formula is C11H13Cl2F2NO3S. The number of anilines is 1. The maximum Gasteiger partial charge on any atom is 0.387 e. The van der Waals surface area contributed by atoms with E-state index in [1.54, 1.807) is 6.92 Å². The van der Waals surface area contributed by atoms with Gasteiger partial charge in [0.15, 0.2) is 5.75 Å². The number of halogens is 4. The van der Waals surface area contributed by atoms with Crippen LogP contribution in [0.15, 0.2) is 12.1 Å². The zero-order valence-electron chi connectivity index (χ0n) is 10.7. The smallest absolute Gasteiger partial charge is 0.387 e. The summed E-state index contributed by atoms with van der Waals surface area (Å²) in [7, 11) is -3.14. The lowest BCUT2D eigenvalue weighted by atomic mass is 10.2. The number of sulfone groups is 1. The van der Waals surface area contributed by atoms with E-state index < -0.39 is 16.4 Å². The molecule has 9 heteroatoms. The van der Waals surface area contributed by atoms with Gasteiger partial charge in [0.05, 0.1) is 15.8 Å². The fourth-order valence-corrected chi connectivity index (χ4v) is 3.19. The molecule has 0 saturated carbocycles. The van der Waals surface area contributed by atoms with Gasteiger partial charge >= 0.3 is 6.61 Å². The fraction of sp³-hybridized carbons (Fsp3) is 0.455. The summed E-state index contributed by atoms with van der Waals surface area (Å²) in [4.78, 5) is 0. The number of nitrogens with one attached hydrogen (secondary N) is 1. The summed E-state index contributed by atoms with van der Waals surface area (Å²) in [5, 5.41) is 2.69. The molecule has 0 spiro atoms. The van der Waals surface area contributed by atoms with Crippen LogP contribution in [0.4, 0.5) is 14.5 Å². The molecule has 0 fully saturated rings. The van der Waals surface area contributed by atoms with E-state index in [2.05, 4.69) is 10.1 Å². The minimum Gasteiger partial charge on any atom is -0.432 e. The predicted octanol–water partition coefficient (Wildman–Crippen LogP) is 3.44. The van der Waals surface area contributed by atoms with Crippen LogP contribution in [0.2, 0.25) is 10.0 Å². The first-order chi connectivity index (χ1) is 9.08. The van der Waals surface area contributed by atoms with E-state index >= 15 is 0 Å². The van der Waals surface area contributed by atoms with E-state index in [-0.39, 0.29) is 27.6 Å². The second kappa shape index (κ2) is 6.78. The first-order valence-electron chi connectivity index (χ1n) is 5.46. The normalized spacial score (nSPS) is 13.3. The van der Waals surface area contributed by atoms with Crippen LogP contribution in [0.5, 0.6) is 5.75 Å². The van der Waals surface area contributed by atoms with Crippen LogP contribution in [0.25, 0.3) is 0 Å². The molecule has 0 aromatic heterocycles. The van der Waals surface area contributed by atoms with Gasteiger partial charge in [-0.15, -0.1) is 0 Å². The quantitative estimate of drug-likeness (QED) is 0.856. The average molecular weight is 348 g/mol. The standard InChI is InChI=1S/C11H13Cl2F2NO3S/c1-6(5-20(2,17)18)16-7-3-8(12)10(9(13)4-7)19-11(14)15/h3-4,6,11,16H,5H2,1-2H3. The Bertz CT molecular complexity index is 558. The van der Waals surface area contributed by atoms with Crippen molar-refractivity contribution < 1.29 is 21.9 Å². The van der Waals surface area contributed by atoms with Crippen molar-refractivity contribution >= 4 is 38.7 Å². The molecule has 20 heavy (non-hydrogen) atoms. The van der Waals surface area contributed by atoms with Crippen molar-refractivity contribution in [2.75, 3.05) is 17.3 Å². The van der Waals surface area contributed by atoms with E-state index in [9.17, 15) is 17.2 Å². The van der Waals surface area contributed by atoms with Crippen LogP contribution in [0, 0.1) is 0 Å². The van der Waals surface area contributed by atoms with E-state index in [4.69, 9.17) is 23.2 Å². The highest BCUT2D eigenvalue weighted by atomic mass is 35.5. The minimum absolute atomic E-state index is 0.0858. The van der Waals surface area contributed by atoms with Gasteiger partial charge in [0, 0.05) is 18.0 Å². The Morgan fingerprint density at radius 2 is 1.80 bits per heavy atom. The van der Waals surface area contributed by atoms with Crippen molar-refractivity contribution in [3.8, 4) is 5.75 Å². The predicted molar refractivity (Wildman–Crippen MR) is 75.9 cm³/mol. The highest BCUT2D eigenvalue weighted by Gasteiger charge is 2.16. The summed E-state index contributed by atoms with van der Waals surface area (Å²) in [6, 6.07) is 2.28. The Balaban J connectivity index is 2.88. The van der Waals surface area contributed by atoms with Crippen LogP contribution in [-0.4, -0.2) is 33.1 Å². The maximum absolute atomic E-state index is 12.2. The van der Waals surface area contributed by atoms with Gasteiger partial charge in [-0.1, -0.05) is 23.2 Å². The second-order valence-electron chi connectivity index (χ2n) is 4.29. The molecule has 0 aliphatic rings. The van der Waals surface area contributed by atoms with Crippen LogP contribution in [-0.2, 0) is 9.84 Å². The summed E-state index contributed by atoms with van der Waals surface area (Å²) in [5.74, 6) is -0.401. The Morgan fingerprint density at radius 1 is 1.30 bits per heavy atom. The zero-order valence-corrected chi connectivity index (χ0v) is 13.0. The minimum atomic E-state index is -3.14. The monoisotopic (exact) mass is 347 g/mol. The molecule has 1 aromatic rings. The zero-order chi connectivity index (χ0) is 15.5. The number of hydrogen-bond donors (Lipinski definition) is 1. The van der Waals surface area contributed by atoms with Crippen molar-refractivity contribution in [3.05, 3.63) is 22.2 Å². The molecular weight excluding hydrogens is 335 g/mol. The first-order valence-corrected chi connectivity index (χ1v) is 8.28. The molecule has 1 atom stereocenters. The SMILES string of the molecule is CC(CS(C)(=O)=O)Nc1cc(Cl)c(OC(F)F)c(Cl)c1. The van der Waals surface area contributed by atoms with E-state index in [1.807, 2.05) is 0 Å². The molecule has 0 bridgehead atoms. The van der Waals surface area contributed by atoms with Crippen LogP contribution >= 0.6 is 23.2 Å². The van der Waals surface area contributed by atoms with E-state index in [1.165, 1.54) is 12.1 Å². The molecule has 1 aromatic carbocycles. The first kappa shape index (κ1) is 17.3. The molecule has 0 radical (unpaired) electrons. The average Bonchev–Trinajstić information content (AvgIpc) is 2.20. The van der Waals surface area contributed by atoms with E-state index in [0.717, 1.165) is 6.26 Å². The van der Waals surface area contributed by atoms with Crippen LogP contribution in [0.3, 0.4) is 0 Å². The number of ether oxygens (including phenoxy) is 1. The Labute approximate surface area is 125 Å². The second-order valence-corrected chi connectivity index (χ2v) is 7.28. The highest BCUT2D eigenvalue weighted by Crippen LogP contribution is 2.37. The molecule has 4 nitrogen and oxygen atoms in total. The molecule has 1 N–H and O–H groups in total. The van der Waals surface area contributed by atoms with E-state index in [0.29, 0.717) is 5.69 Å². The van der Waals surface area contributed by atoms with Crippen LogP contribution in [0.1, 0.15) is 6.92 Å². The lowest BCUT2D eigenvalue weighted by Crippen LogP contribution is -2.25. The van der Waals surface area contributed by atoms with Gasteiger partial charge in [0.2, 0.25) is 0 Å². The van der Waals surface area contributed by atoms with Gasteiger partial charge in [-0.3, -0.25) is 0 Å². The Morgan fingerprint density at radius 3 is 2.20 bits per heavy atom. The highest BCUT2D eigenvalue weighted by molar-refractivity contribution is 7.90. The van der Waals surface area contributed by atoms with Gasteiger partial charge in [-0.05, 0) is 19.1 Å². The number of rotatable bonds is 6. The molecule has 114 valence electrons. The van der Waals surface area contributed by atoms with Crippen molar-refractivity contribution in [2.45, 2.75) is 19.6 Å². The fourth-order valence-electron chi connectivity index (χ4n) is 1.63. The summed E-state index contributed by atoms with van der Waals surface area (Å²) >= 11 is 11.6. The molecule has 0 saturated heterocycles. The van der Waals surface area contributed by atoms with Gasteiger partial charge in [0.1, 0.15) is 9.84 Å². The van der Waals surface area contributed by atoms with Crippen molar-refractivity contribution in [3.63, 3.8) is 0 Å². The van der Waals surface area contributed by atoms with Crippen molar-refractivity contribution in [2.24, 2.45) is 0 Å². The number of hydrogen-bond acceptors (Lipinski definition) is 4. The number of alkyl halides is 2. The molecule has 0 heterocycles. The van der Waals surface area contributed by atoms with Gasteiger partial charge in [-0.2, -0.15) is 8.78 Å². The maximum atomic E-state index is 12.2. The molecule has 0 aliphatic carbocycles. The Kier molecular flexibility index (Phi) is 5.85. The molecule has 1 unspecified atom stereocenters. The summed E-state index contributed by atoms with van der Waals surface area (Å²) < 4.78 is 50.8. The Hall–Kier alpha value is -0.790. The lowest BCUT2D eigenvalue weighted by molar-refractivity contribution is -0.0497. The third kappa shape index (κ3) is 5.68. The number of benzene rings is 1. The molecule has 0 amide bonds. The molecule has 0 aliphatic heterocycles. The topological polar surface area (TPSA) is 55.4 Å². The molecule has 1 rings (SSSR count). The largest absolute Gasteiger partial charge is 0.432 e. The summed E-state index contributed by atoms with van der Waals surface area (Å²) in [6.45, 7) is -1.38. The summed E-state index contributed by atoms with van der Waals surface area (Å²) in [6.07, 6.45) is 1.12. The van der Waals surface area contributed by atoms with Crippen molar-refractivity contribution in [1.82, 2.24) is 0 Å². The van der Waals surface area contributed by atoms with Gasteiger partial charge < -0.3 is 10.1 Å². The van der Waals surface area contributed by atoms with Gasteiger partial charge in [-0.25, -0.2) is 8.42 Å². The summed E-state index contributed by atoms with van der Waals surface area (Å²) in [5.41, 5.74) is 0.415.